The van der Waals surface area contributed by atoms with Gasteiger partial charge in [0.05, 0.1) is 30.2 Å². The molecule has 168 valence electrons. The van der Waals surface area contributed by atoms with E-state index in [9.17, 15) is 19.7 Å². The van der Waals surface area contributed by atoms with Crippen LogP contribution in [0.3, 0.4) is 0 Å². The van der Waals surface area contributed by atoms with Crippen molar-refractivity contribution in [1.29, 1.82) is 0 Å². The summed E-state index contributed by atoms with van der Waals surface area (Å²) in [4.78, 5) is 23.9. The standard InChI is InChI=1S/C17H22BN9O5/c19-4-5-26-8-11(21-24-26)9-27-14(22-23-25-27)7-15(28)20-13-6-10-2-1-3-12(17(29)30)16(10)32-18(13)31/h1-3,8,13,21,24,31H,4-7,9,19H2,(H,20,28)(H,29,30)/t13-/m0/s1. The molecule has 2 aromatic rings. The minimum atomic E-state index is -1.39. The minimum Gasteiger partial charge on any atom is -0.534 e. The number of nitrogens with two attached hydrogens (primary N) is 1. The average molecular weight is 443 g/mol. The molecule has 0 spiro atoms. The van der Waals surface area contributed by atoms with Crippen molar-refractivity contribution in [2.75, 3.05) is 13.1 Å². The predicted molar refractivity (Wildman–Crippen MR) is 109 cm³/mol. The summed E-state index contributed by atoms with van der Waals surface area (Å²) in [7, 11) is -1.39. The topological polar surface area (TPSA) is 193 Å². The number of hydrogen-bond donors (Lipinski definition) is 6. The Kier molecular flexibility index (Phi) is 6.20. The third kappa shape index (κ3) is 4.64. The summed E-state index contributed by atoms with van der Waals surface area (Å²) >= 11 is 0. The van der Waals surface area contributed by atoms with Crippen LogP contribution in [0.4, 0.5) is 0 Å². The number of para-hydroxylation sites is 1. The lowest BCUT2D eigenvalue weighted by Crippen LogP contribution is -2.53. The summed E-state index contributed by atoms with van der Waals surface area (Å²) in [6.07, 6.45) is 1.93. The van der Waals surface area contributed by atoms with E-state index in [1.54, 1.807) is 17.1 Å². The van der Waals surface area contributed by atoms with Crippen LogP contribution in [0.5, 0.6) is 5.75 Å². The minimum absolute atomic E-state index is 0.0418. The SMILES string of the molecule is NCCN1C=C(Cn2nnnc2CC(=O)N[C@H]2Cc3cccc(C(=O)O)c3OB2O)NN1. The van der Waals surface area contributed by atoms with Crippen LogP contribution in [0.1, 0.15) is 21.7 Å². The van der Waals surface area contributed by atoms with Gasteiger partial charge in [-0.3, -0.25) is 9.80 Å². The van der Waals surface area contributed by atoms with Gasteiger partial charge in [0.2, 0.25) is 5.91 Å². The fourth-order valence-corrected chi connectivity index (χ4v) is 3.49. The van der Waals surface area contributed by atoms with Gasteiger partial charge in [0.25, 0.3) is 0 Å². The quantitative estimate of drug-likeness (QED) is 0.230. The first-order valence-electron chi connectivity index (χ1n) is 9.88. The highest BCUT2D eigenvalue weighted by Crippen LogP contribution is 2.30. The number of fused-ring (bicyclic) bond motifs is 1. The number of tetrazole rings is 1. The molecular formula is C17H22BN9O5. The fraction of sp³-hybridized carbons (Fsp3) is 0.353. The van der Waals surface area contributed by atoms with E-state index in [1.807, 2.05) is 6.20 Å². The van der Waals surface area contributed by atoms with Crippen molar-refractivity contribution in [3.05, 3.63) is 47.0 Å². The zero-order valence-electron chi connectivity index (χ0n) is 16.9. The molecule has 0 saturated carbocycles. The maximum Gasteiger partial charge on any atom is 0.547 e. The van der Waals surface area contributed by atoms with Crippen LogP contribution in [-0.2, 0) is 24.2 Å². The molecule has 14 nitrogen and oxygen atoms in total. The molecule has 0 radical (unpaired) electrons. The lowest BCUT2D eigenvalue weighted by Gasteiger charge is -2.28. The van der Waals surface area contributed by atoms with Gasteiger partial charge in [-0.25, -0.2) is 9.48 Å². The molecular weight excluding hydrogens is 421 g/mol. The Bertz CT molecular complexity index is 1050. The van der Waals surface area contributed by atoms with Gasteiger partial charge < -0.3 is 31.3 Å². The molecule has 1 aromatic heterocycles. The Morgan fingerprint density at radius 3 is 3.03 bits per heavy atom. The summed E-state index contributed by atoms with van der Waals surface area (Å²) in [5.41, 5.74) is 12.8. The number of carboxylic acid groups (broad SMARTS) is 1. The highest BCUT2D eigenvalue weighted by molar-refractivity contribution is 6.47. The molecule has 2 aliphatic rings. The fourth-order valence-electron chi connectivity index (χ4n) is 3.49. The molecule has 15 heteroatoms. The van der Waals surface area contributed by atoms with Crippen LogP contribution in [0, 0.1) is 0 Å². The second-order valence-electron chi connectivity index (χ2n) is 7.29. The van der Waals surface area contributed by atoms with Crippen molar-refractivity contribution in [1.82, 2.24) is 41.5 Å². The number of hydrazine groups is 2. The Hall–Kier alpha value is -3.69. The third-order valence-electron chi connectivity index (χ3n) is 4.98. The van der Waals surface area contributed by atoms with Crippen molar-refractivity contribution >= 4 is 19.0 Å². The molecule has 7 N–H and O–H groups in total. The van der Waals surface area contributed by atoms with Crippen LogP contribution in [0.2, 0.25) is 0 Å². The molecule has 0 unspecified atom stereocenters. The first kappa shape index (κ1) is 21.5. The number of rotatable bonds is 8. The van der Waals surface area contributed by atoms with Gasteiger partial charge in [-0.15, -0.1) is 10.6 Å². The van der Waals surface area contributed by atoms with Crippen LogP contribution >= 0.6 is 0 Å². The number of nitrogens with one attached hydrogen (secondary N) is 3. The molecule has 0 saturated heterocycles. The van der Waals surface area contributed by atoms with E-state index in [0.29, 0.717) is 31.0 Å². The highest BCUT2D eigenvalue weighted by Gasteiger charge is 2.37. The van der Waals surface area contributed by atoms with Crippen molar-refractivity contribution in [2.45, 2.75) is 25.3 Å². The second-order valence-corrected chi connectivity index (χ2v) is 7.29. The van der Waals surface area contributed by atoms with Crippen molar-refractivity contribution in [3.63, 3.8) is 0 Å². The van der Waals surface area contributed by atoms with Crippen molar-refractivity contribution in [3.8, 4) is 5.75 Å². The predicted octanol–water partition coefficient (Wildman–Crippen LogP) is -2.82. The Morgan fingerprint density at radius 1 is 1.41 bits per heavy atom. The van der Waals surface area contributed by atoms with Crippen LogP contribution in [-0.4, -0.2) is 73.4 Å². The van der Waals surface area contributed by atoms with Gasteiger partial charge in [-0.2, -0.15) is 0 Å². The monoisotopic (exact) mass is 443 g/mol. The van der Waals surface area contributed by atoms with E-state index >= 15 is 0 Å². The molecule has 32 heavy (non-hydrogen) atoms. The van der Waals surface area contributed by atoms with Crippen LogP contribution in [0.25, 0.3) is 0 Å². The molecule has 2 aliphatic heterocycles. The Balaban J connectivity index is 1.38. The van der Waals surface area contributed by atoms with Gasteiger partial charge in [0, 0.05) is 19.3 Å². The molecule has 0 aliphatic carbocycles. The van der Waals surface area contributed by atoms with E-state index in [-0.39, 0.29) is 24.2 Å². The van der Waals surface area contributed by atoms with Gasteiger partial charge in [-0.05, 0) is 28.5 Å². The number of amides is 1. The van der Waals surface area contributed by atoms with E-state index in [4.69, 9.17) is 10.4 Å². The molecule has 1 amide bonds. The van der Waals surface area contributed by atoms with Gasteiger partial charge in [0.1, 0.15) is 5.75 Å². The summed E-state index contributed by atoms with van der Waals surface area (Å²) in [5.74, 6) is -1.88. The Labute approximate surface area is 182 Å². The number of allylic oxidation sites excluding steroid dienone is 1. The molecule has 0 fully saturated rings. The van der Waals surface area contributed by atoms with Crippen LogP contribution < -0.4 is 26.7 Å². The molecule has 0 bridgehead atoms. The van der Waals surface area contributed by atoms with E-state index < -0.39 is 24.9 Å². The summed E-state index contributed by atoms with van der Waals surface area (Å²) in [6, 6.07) is 4.68. The summed E-state index contributed by atoms with van der Waals surface area (Å²) in [6.45, 7) is 1.40. The van der Waals surface area contributed by atoms with Gasteiger partial charge in [-0.1, -0.05) is 12.1 Å². The number of hydrogen-bond acceptors (Lipinski definition) is 11. The molecule has 1 atom stereocenters. The highest BCUT2D eigenvalue weighted by atomic mass is 16.5. The Morgan fingerprint density at radius 2 is 2.25 bits per heavy atom. The van der Waals surface area contributed by atoms with Crippen molar-refractivity contribution in [2.24, 2.45) is 5.73 Å². The first-order valence-corrected chi connectivity index (χ1v) is 9.88. The maximum atomic E-state index is 12.6. The average Bonchev–Trinajstić information content (AvgIpc) is 3.38. The zero-order chi connectivity index (χ0) is 22.7. The van der Waals surface area contributed by atoms with E-state index in [2.05, 4.69) is 31.8 Å². The number of carboxylic acids is 1. The maximum absolute atomic E-state index is 12.6. The summed E-state index contributed by atoms with van der Waals surface area (Å²) in [5, 5.41) is 35.5. The van der Waals surface area contributed by atoms with Gasteiger partial charge in [0.15, 0.2) is 5.82 Å². The number of nitrogens with zero attached hydrogens (tertiary/aromatic N) is 5. The van der Waals surface area contributed by atoms with Gasteiger partial charge >= 0.3 is 13.1 Å². The number of aromatic nitrogens is 4. The first-order chi connectivity index (χ1) is 15.4. The third-order valence-corrected chi connectivity index (χ3v) is 4.98. The number of benzene rings is 1. The zero-order valence-corrected chi connectivity index (χ0v) is 16.9. The number of carbonyl (C=O) groups is 2. The number of aromatic carboxylic acids is 1. The number of carbonyl (C=O) groups excluding carboxylic acids is 1. The van der Waals surface area contributed by atoms with E-state index in [0.717, 1.165) is 5.70 Å². The normalized spacial score (nSPS) is 17.3. The molecule has 1 aromatic carbocycles. The smallest absolute Gasteiger partial charge is 0.534 e. The largest absolute Gasteiger partial charge is 0.547 e. The van der Waals surface area contributed by atoms with E-state index in [1.165, 1.54) is 10.7 Å². The van der Waals surface area contributed by atoms with Crippen molar-refractivity contribution < 1.29 is 24.4 Å². The lowest BCUT2D eigenvalue weighted by molar-refractivity contribution is -0.121. The second kappa shape index (κ2) is 9.21. The summed E-state index contributed by atoms with van der Waals surface area (Å²) < 4.78 is 6.87. The lowest BCUT2D eigenvalue weighted by atomic mass is 9.72. The molecule has 4 rings (SSSR count). The molecule has 3 heterocycles. The van der Waals surface area contributed by atoms with Crippen LogP contribution in [0.15, 0.2) is 30.1 Å².